The molecule has 0 radical (unpaired) electrons. The zero-order valence-corrected chi connectivity index (χ0v) is 23.1. The van der Waals surface area contributed by atoms with Gasteiger partial charge in [-0.2, -0.15) is 0 Å². The van der Waals surface area contributed by atoms with Gasteiger partial charge in [0.05, 0.1) is 25.4 Å². The number of benzene rings is 1. The molecule has 1 aliphatic carbocycles. The van der Waals surface area contributed by atoms with E-state index in [1.165, 1.54) is 32.1 Å². The third kappa shape index (κ3) is 8.81. The van der Waals surface area contributed by atoms with Gasteiger partial charge in [0.25, 0.3) is 0 Å². The summed E-state index contributed by atoms with van der Waals surface area (Å²) in [5.41, 5.74) is 0.662. The van der Waals surface area contributed by atoms with Crippen LogP contribution in [0.3, 0.4) is 0 Å². The number of likely N-dealkylation sites (N-methyl/N-ethyl adjacent to an activating group) is 1. The van der Waals surface area contributed by atoms with E-state index in [4.69, 9.17) is 9.47 Å². The number of carbonyl (C=O) groups is 2. The number of piperidine rings is 1. The molecule has 3 atom stereocenters. The Labute approximate surface area is 226 Å². The highest BCUT2D eigenvalue weighted by molar-refractivity contribution is 5.74. The number of likely N-dealkylation sites (tertiary alicyclic amines) is 1. The molecule has 3 amide bonds. The van der Waals surface area contributed by atoms with Crippen molar-refractivity contribution in [2.24, 2.45) is 5.92 Å². The lowest BCUT2D eigenvalue weighted by molar-refractivity contribution is -0.0151. The van der Waals surface area contributed by atoms with Crippen molar-refractivity contribution in [3.05, 3.63) is 35.6 Å². The molecule has 3 rings (SSSR count). The molecule has 1 aromatic carbocycles. The van der Waals surface area contributed by atoms with E-state index in [1.807, 2.05) is 18.0 Å². The van der Waals surface area contributed by atoms with Crippen molar-refractivity contribution in [1.82, 2.24) is 20.9 Å². The summed E-state index contributed by atoms with van der Waals surface area (Å²) in [6, 6.07) is 6.31. The van der Waals surface area contributed by atoms with Gasteiger partial charge in [-0.1, -0.05) is 25.0 Å². The average Bonchev–Trinajstić information content (AvgIpc) is 3.41. The van der Waals surface area contributed by atoms with Gasteiger partial charge in [0, 0.05) is 45.2 Å². The van der Waals surface area contributed by atoms with Gasteiger partial charge in [0.15, 0.2) is 0 Å². The number of rotatable bonds is 13. The van der Waals surface area contributed by atoms with Crippen LogP contribution in [0.25, 0.3) is 0 Å². The number of ether oxygens (including phenoxy) is 3. The van der Waals surface area contributed by atoms with E-state index in [0.29, 0.717) is 19.6 Å². The number of nitrogens with one attached hydrogen (secondary N) is 3. The molecule has 2 aliphatic rings. The van der Waals surface area contributed by atoms with Crippen LogP contribution >= 0.6 is 0 Å². The Morgan fingerprint density at radius 2 is 2.00 bits per heavy atom. The van der Waals surface area contributed by atoms with Crippen molar-refractivity contribution in [2.45, 2.75) is 69.1 Å². The molecule has 1 heterocycles. The number of nitrogens with zero attached hydrogens (tertiary/aromatic N) is 1. The standard InChI is InChI=1S/C28H45FN4O5/c1-30-19-24(11-14-28(37-3)12-4-5-13-28)32-26(34)33-16-7-9-22(20-33)25(21-8-6-10-23(29)18-21)38-17-15-31-27(35)36-2/h6,8,10,18,22,24-25,30H,4-5,7,9,11-17,19-20H2,1-3H3,(H,31,35)(H,32,34)/t22-,24+,25+/m1/s1. The molecule has 1 saturated carbocycles. The minimum atomic E-state index is -0.531. The highest BCUT2D eigenvalue weighted by atomic mass is 19.1. The topological polar surface area (TPSA) is 101 Å². The van der Waals surface area contributed by atoms with E-state index in [-0.39, 0.29) is 42.6 Å². The van der Waals surface area contributed by atoms with E-state index in [9.17, 15) is 14.0 Å². The lowest BCUT2D eigenvalue weighted by Crippen LogP contribution is -2.51. The maximum atomic E-state index is 14.1. The summed E-state index contributed by atoms with van der Waals surface area (Å²) < 4.78 is 30.7. The number of hydrogen-bond acceptors (Lipinski definition) is 6. The van der Waals surface area contributed by atoms with E-state index in [2.05, 4.69) is 20.7 Å². The van der Waals surface area contributed by atoms with Crippen LogP contribution in [0.1, 0.15) is 63.0 Å². The molecular weight excluding hydrogens is 491 g/mol. The minimum absolute atomic E-state index is 0.000152. The first kappa shape index (κ1) is 30.1. The zero-order valence-electron chi connectivity index (χ0n) is 23.1. The molecule has 1 aliphatic heterocycles. The molecule has 3 N–H and O–H groups in total. The first-order valence-electron chi connectivity index (χ1n) is 13.8. The van der Waals surface area contributed by atoms with E-state index in [0.717, 1.165) is 44.1 Å². The number of amides is 3. The van der Waals surface area contributed by atoms with Gasteiger partial charge in [-0.15, -0.1) is 0 Å². The summed E-state index contributed by atoms with van der Waals surface area (Å²) in [4.78, 5) is 26.6. The highest BCUT2D eigenvalue weighted by Gasteiger charge is 2.35. The van der Waals surface area contributed by atoms with Crippen LogP contribution in [0.2, 0.25) is 0 Å². The number of alkyl carbamates (subject to hydrolysis) is 1. The second-order valence-corrected chi connectivity index (χ2v) is 10.5. The van der Waals surface area contributed by atoms with Crippen LogP contribution in [0.4, 0.5) is 14.0 Å². The first-order chi connectivity index (χ1) is 18.4. The van der Waals surface area contributed by atoms with Crippen LogP contribution in [0.5, 0.6) is 0 Å². The third-order valence-corrected chi connectivity index (χ3v) is 7.88. The van der Waals surface area contributed by atoms with Gasteiger partial charge in [-0.25, -0.2) is 14.0 Å². The van der Waals surface area contributed by atoms with Gasteiger partial charge in [0.1, 0.15) is 5.82 Å². The van der Waals surface area contributed by atoms with E-state index in [1.54, 1.807) is 13.2 Å². The lowest BCUT2D eigenvalue weighted by atomic mass is 9.88. The van der Waals surface area contributed by atoms with Crippen molar-refractivity contribution in [3.63, 3.8) is 0 Å². The molecule has 1 saturated heterocycles. The second-order valence-electron chi connectivity index (χ2n) is 10.5. The van der Waals surface area contributed by atoms with Crippen molar-refractivity contribution in [1.29, 1.82) is 0 Å². The first-order valence-corrected chi connectivity index (χ1v) is 13.8. The maximum absolute atomic E-state index is 14.1. The van der Waals surface area contributed by atoms with Crippen LogP contribution in [0, 0.1) is 11.7 Å². The Balaban J connectivity index is 1.62. The minimum Gasteiger partial charge on any atom is -0.453 e. The van der Waals surface area contributed by atoms with Gasteiger partial charge in [0.2, 0.25) is 0 Å². The number of methoxy groups -OCH3 is 2. The summed E-state index contributed by atoms with van der Waals surface area (Å²) in [6.07, 6.45) is 7.06. The normalized spacial score (nSPS) is 20.5. The quantitative estimate of drug-likeness (QED) is 0.330. The van der Waals surface area contributed by atoms with Gasteiger partial charge < -0.3 is 35.1 Å². The number of carbonyl (C=O) groups excluding carboxylic acids is 2. The fraction of sp³-hybridized carbons (Fsp3) is 0.714. The van der Waals surface area contributed by atoms with Gasteiger partial charge in [-0.05, 0) is 63.3 Å². The molecule has 0 unspecified atom stereocenters. The summed E-state index contributed by atoms with van der Waals surface area (Å²) in [5.74, 6) is -0.340. The molecule has 38 heavy (non-hydrogen) atoms. The monoisotopic (exact) mass is 536 g/mol. The number of hydrogen-bond donors (Lipinski definition) is 3. The van der Waals surface area contributed by atoms with Crippen molar-refractivity contribution in [3.8, 4) is 0 Å². The molecule has 1 aromatic rings. The fourth-order valence-electron chi connectivity index (χ4n) is 5.79. The Bertz CT molecular complexity index is 883. The number of halogens is 1. The van der Waals surface area contributed by atoms with E-state index >= 15 is 0 Å². The molecule has 0 aromatic heterocycles. The largest absolute Gasteiger partial charge is 0.453 e. The third-order valence-electron chi connectivity index (χ3n) is 7.88. The summed E-state index contributed by atoms with van der Waals surface area (Å²) >= 11 is 0. The average molecular weight is 537 g/mol. The van der Waals surface area contributed by atoms with Crippen molar-refractivity contribution in [2.75, 3.05) is 54.1 Å². The Kier molecular flexibility index (Phi) is 12.1. The summed E-state index contributed by atoms with van der Waals surface area (Å²) in [6.45, 7) is 2.36. The van der Waals surface area contributed by atoms with Crippen molar-refractivity contribution >= 4 is 12.1 Å². The van der Waals surface area contributed by atoms with Gasteiger partial charge in [-0.3, -0.25) is 0 Å². The van der Waals surface area contributed by atoms with Crippen LogP contribution in [-0.4, -0.2) is 82.7 Å². The van der Waals surface area contributed by atoms with E-state index < -0.39 is 12.2 Å². The molecule has 2 fully saturated rings. The van der Waals surface area contributed by atoms with Crippen LogP contribution in [0.15, 0.2) is 24.3 Å². The second kappa shape index (κ2) is 15.2. The summed E-state index contributed by atoms with van der Waals surface area (Å²) in [5, 5.41) is 9.05. The predicted molar refractivity (Wildman–Crippen MR) is 143 cm³/mol. The van der Waals surface area contributed by atoms with Gasteiger partial charge >= 0.3 is 12.1 Å². The maximum Gasteiger partial charge on any atom is 0.406 e. The summed E-state index contributed by atoms with van der Waals surface area (Å²) in [7, 11) is 5.00. The molecular formula is C28H45FN4O5. The smallest absolute Gasteiger partial charge is 0.406 e. The molecule has 0 bridgehead atoms. The molecule has 0 spiro atoms. The fourth-order valence-corrected chi connectivity index (χ4v) is 5.79. The highest BCUT2D eigenvalue weighted by Crippen LogP contribution is 2.37. The predicted octanol–water partition coefficient (Wildman–Crippen LogP) is 3.99. The Hall–Kier alpha value is -2.43. The molecule has 10 heteroatoms. The SMILES string of the molecule is CNC[C@H](CCC1(OC)CCCC1)NC(=O)N1CCC[C@@H]([C@@H](OCCNC(=O)OC)c2cccc(F)c2)C1. The van der Waals surface area contributed by atoms with Crippen LogP contribution in [-0.2, 0) is 14.2 Å². The Morgan fingerprint density at radius 3 is 2.68 bits per heavy atom. The lowest BCUT2D eigenvalue weighted by Gasteiger charge is -2.38. The zero-order chi connectivity index (χ0) is 27.4. The van der Waals surface area contributed by atoms with Crippen molar-refractivity contribution < 1.29 is 28.2 Å². The number of urea groups is 1. The molecule has 214 valence electrons. The Morgan fingerprint density at radius 1 is 1.21 bits per heavy atom. The van der Waals surface area contributed by atoms with Crippen LogP contribution < -0.4 is 16.0 Å². The molecule has 9 nitrogen and oxygen atoms in total.